The van der Waals surface area contributed by atoms with Gasteiger partial charge in [-0.2, -0.15) is 0 Å². The number of rotatable bonds is 7. The van der Waals surface area contributed by atoms with Crippen LogP contribution in [0.15, 0.2) is 0 Å². The number of nitrogens with one attached hydrogen (secondary N) is 1. The van der Waals surface area contributed by atoms with Crippen LogP contribution in [-0.2, 0) is 0 Å². The van der Waals surface area contributed by atoms with Crippen molar-refractivity contribution >= 4 is 0 Å². The van der Waals surface area contributed by atoms with Gasteiger partial charge >= 0.3 is 0 Å². The topological polar surface area (TPSA) is 32.3 Å². The summed E-state index contributed by atoms with van der Waals surface area (Å²) in [5.41, 5.74) is 0. The predicted octanol–water partition coefficient (Wildman–Crippen LogP) is 2.07. The molecule has 0 radical (unpaired) electrons. The number of hydrogen-bond acceptors (Lipinski definition) is 2. The van der Waals surface area contributed by atoms with Gasteiger partial charge in [0.1, 0.15) is 0 Å². The maximum absolute atomic E-state index is 8.59. The van der Waals surface area contributed by atoms with Crippen LogP contribution in [0.3, 0.4) is 0 Å². The molecule has 0 bridgehead atoms. The van der Waals surface area contributed by atoms with E-state index in [1.165, 1.54) is 51.5 Å². The summed E-state index contributed by atoms with van der Waals surface area (Å²) in [5, 5.41) is 12.1. The zero-order valence-corrected chi connectivity index (χ0v) is 8.60. The highest BCUT2D eigenvalue weighted by Crippen LogP contribution is 2.13. The van der Waals surface area contributed by atoms with E-state index < -0.39 is 0 Å². The molecular weight excluding hydrogens is 162 g/mol. The largest absolute Gasteiger partial charge is 0.396 e. The molecule has 0 amide bonds. The van der Waals surface area contributed by atoms with Gasteiger partial charge in [0, 0.05) is 12.6 Å². The summed E-state index contributed by atoms with van der Waals surface area (Å²) in [5.74, 6) is 0. The second-order valence-electron chi connectivity index (χ2n) is 4.07. The minimum absolute atomic E-state index is 0.365. The minimum Gasteiger partial charge on any atom is -0.396 e. The fourth-order valence-electron chi connectivity index (χ4n) is 2.04. The molecule has 1 aliphatic heterocycles. The van der Waals surface area contributed by atoms with E-state index in [4.69, 9.17) is 5.11 Å². The van der Waals surface area contributed by atoms with Crippen molar-refractivity contribution in [1.82, 2.24) is 5.32 Å². The molecule has 2 N–H and O–H groups in total. The van der Waals surface area contributed by atoms with E-state index in [0.29, 0.717) is 6.61 Å². The highest BCUT2D eigenvalue weighted by molar-refractivity contribution is 4.73. The molecule has 1 saturated heterocycles. The first-order chi connectivity index (χ1) is 6.43. The predicted molar refractivity (Wildman–Crippen MR) is 55.8 cm³/mol. The lowest BCUT2D eigenvalue weighted by molar-refractivity contribution is 0.282. The Morgan fingerprint density at radius 3 is 2.54 bits per heavy atom. The molecule has 0 aliphatic carbocycles. The van der Waals surface area contributed by atoms with Crippen molar-refractivity contribution in [3.63, 3.8) is 0 Å². The van der Waals surface area contributed by atoms with Crippen LogP contribution in [0.2, 0.25) is 0 Å². The van der Waals surface area contributed by atoms with Crippen molar-refractivity contribution in [2.24, 2.45) is 0 Å². The lowest BCUT2D eigenvalue weighted by atomic mass is 10.1. The van der Waals surface area contributed by atoms with Gasteiger partial charge in [-0.25, -0.2) is 0 Å². The van der Waals surface area contributed by atoms with Crippen molar-refractivity contribution in [2.45, 2.75) is 57.4 Å². The van der Waals surface area contributed by atoms with Crippen molar-refractivity contribution in [2.75, 3.05) is 13.2 Å². The van der Waals surface area contributed by atoms with Gasteiger partial charge in [0.2, 0.25) is 0 Å². The van der Waals surface area contributed by atoms with Gasteiger partial charge in [-0.1, -0.05) is 25.7 Å². The molecule has 0 aromatic carbocycles. The highest BCUT2D eigenvalue weighted by atomic mass is 16.2. The third kappa shape index (κ3) is 5.27. The smallest absolute Gasteiger partial charge is 0.0431 e. The van der Waals surface area contributed by atoms with Crippen LogP contribution in [0.25, 0.3) is 0 Å². The summed E-state index contributed by atoms with van der Waals surface area (Å²) in [6.45, 7) is 1.60. The maximum Gasteiger partial charge on any atom is 0.0431 e. The van der Waals surface area contributed by atoms with E-state index in [9.17, 15) is 0 Å². The monoisotopic (exact) mass is 185 g/mol. The van der Waals surface area contributed by atoms with Crippen LogP contribution in [-0.4, -0.2) is 24.3 Å². The summed E-state index contributed by atoms with van der Waals surface area (Å²) in [6, 6.07) is 0.817. The third-order valence-corrected chi connectivity index (χ3v) is 2.87. The maximum atomic E-state index is 8.59. The SMILES string of the molecule is OCCCCCCCC1CCCN1. The normalized spacial score (nSPS) is 22.4. The van der Waals surface area contributed by atoms with Crippen LogP contribution in [0.5, 0.6) is 0 Å². The lowest BCUT2D eigenvalue weighted by Crippen LogP contribution is -2.20. The Morgan fingerprint density at radius 1 is 1.08 bits per heavy atom. The third-order valence-electron chi connectivity index (χ3n) is 2.87. The van der Waals surface area contributed by atoms with Crippen molar-refractivity contribution in [3.05, 3.63) is 0 Å². The molecular formula is C11H23NO. The zero-order valence-electron chi connectivity index (χ0n) is 8.60. The fraction of sp³-hybridized carbons (Fsp3) is 1.00. The Bertz CT molecular complexity index is 111. The molecule has 2 heteroatoms. The van der Waals surface area contributed by atoms with Crippen molar-refractivity contribution < 1.29 is 5.11 Å². The van der Waals surface area contributed by atoms with E-state index in [2.05, 4.69) is 5.32 Å². The number of hydrogen-bond donors (Lipinski definition) is 2. The molecule has 1 fully saturated rings. The summed E-state index contributed by atoms with van der Waals surface area (Å²) in [6.07, 6.45) is 10.3. The van der Waals surface area contributed by atoms with Crippen LogP contribution < -0.4 is 5.32 Å². The molecule has 0 aromatic heterocycles. The van der Waals surface area contributed by atoms with Crippen molar-refractivity contribution in [1.29, 1.82) is 0 Å². The molecule has 1 rings (SSSR count). The van der Waals surface area contributed by atoms with Gasteiger partial charge in [0.05, 0.1) is 0 Å². The second kappa shape index (κ2) is 7.34. The van der Waals surface area contributed by atoms with E-state index in [0.717, 1.165) is 12.5 Å². The summed E-state index contributed by atoms with van der Waals surface area (Å²) in [4.78, 5) is 0. The van der Waals surface area contributed by atoms with Gasteiger partial charge in [0.15, 0.2) is 0 Å². The number of unbranched alkanes of at least 4 members (excludes halogenated alkanes) is 4. The van der Waals surface area contributed by atoms with Crippen LogP contribution in [0.1, 0.15) is 51.4 Å². The summed E-state index contributed by atoms with van der Waals surface area (Å²) in [7, 11) is 0. The second-order valence-corrected chi connectivity index (χ2v) is 4.07. The van der Waals surface area contributed by atoms with E-state index >= 15 is 0 Å². The van der Waals surface area contributed by atoms with Gasteiger partial charge < -0.3 is 10.4 Å². The molecule has 1 unspecified atom stereocenters. The summed E-state index contributed by atoms with van der Waals surface area (Å²) >= 11 is 0. The first kappa shape index (κ1) is 11.0. The van der Waals surface area contributed by atoms with Crippen molar-refractivity contribution in [3.8, 4) is 0 Å². The Hall–Kier alpha value is -0.0800. The van der Waals surface area contributed by atoms with Gasteiger partial charge in [-0.15, -0.1) is 0 Å². The molecule has 1 aliphatic rings. The van der Waals surface area contributed by atoms with E-state index in [-0.39, 0.29) is 0 Å². The molecule has 1 heterocycles. The van der Waals surface area contributed by atoms with E-state index in [1.807, 2.05) is 0 Å². The molecule has 0 saturated carbocycles. The first-order valence-electron chi connectivity index (χ1n) is 5.77. The van der Waals surface area contributed by atoms with Gasteiger partial charge in [0.25, 0.3) is 0 Å². The minimum atomic E-state index is 0.365. The van der Waals surface area contributed by atoms with Gasteiger partial charge in [-0.05, 0) is 32.2 Å². The Morgan fingerprint density at radius 2 is 1.85 bits per heavy atom. The molecule has 2 nitrogen and oxygen atoms in total. The molecule has 78 valence electrons. The van der Waals surface area contributed by atoms with Crippen LogP contribution in [0, 0.1) is 0 Å². The van der Waals surface area contributed by atoms with Gasteiger partial charge in [-0.3, -0.25) is 0 Å². The molecule has 13 heavy (non-hydrogen) atoms. The molecule has 0 spiro atoms. The quantitative estimate of drug-likeness (QED) is 0.595. The average molecular weight is 185 g/mol. The highest BCUT2D eigenvalue weighted by Gasteiger charge is 2.12. The fourth-order valence-corrected chi connectivity index (χ4v) is 2.04. The Labute approximate surface area is 81.7 Å². The van der Waals surface area contributed by atoms with Crippen LogP contribution in [0.4, 0.5) is 0 Å². The van der Waals surface area contributed by atoms with E-state index in [1.54, 1.807) is 0 Å². The number of aliphatic hydroxyl groups is 1. The first-order valence-corrected chi connectivity index (χ1v) is 5.77. The number of aliphatic hydroxyl groups excluding tert-OH is 1. The lowest BCUT2D eigenvalue weighted by Gasteiger charge is -2.08. The molecule has 1 atom stereocenters. The standard InChI is InChI=1S/C11H23NO/c13-10-5-3-1-2-4-7-11-8-6-9-12-11/h11-13H,1-10H2. The Balaban J connectivity index is 1.78. The Kier molecular flexibility index (Phi) is 6.21. The average Bonchev–Trinajstić information content (AvgIpc) is 2.63. The van der Waals surface area contributed by atoms with Crippen LogP contribution >= 0.6 is 0 Å². The summed E-state index contributed by atoms with van der Waals surface area (Å²) < 4.78 is 0. The molecule has 0 aromatic rings. The zero-order chi connectivity index (χ0) is 9.36.